The molecular weight excluding hydrogens is 244 g/mol. The van der Waals surface area contributed by atoms with Crippen LogP contribution in [0.4, 0.5) is 0 Å². The van der Waals surface area contributed by atoms with Gasteiger partial charge in [0.25, 0.3) is 0 Å². The molecule has 0 saturated heterocycles. The van der Waals surface area contributed by atoms with Crippen LogP contribution in [0.3, 0.4) is 0 Å². The van der Waals surface area contributed by atoms with Crippen LogP contribution in [0.1, 0.15) is 0 Å². The van der Waals surface area contributed by atoms with E-state index in [1.807, 2.05) is 0 Å². The van der Waals surface area contributed by atoms with Crippen molar-refractivity contribution in [3.8, 4) is 0 Å². The van der Waals surface area contributed by atoms with Crippen LogP contribution >= 0.6 is 34.8 Å². The first-order chi connectivity index (χ1) is 6.61. The van der Waals surface area contributed by atoms with Crippen LogP contribution < -0.4 is 5.43 Å². The van der Waals surface area contributed by atoms with Crippen molar-refractivity contribution >= 4 is 45.7 Å². The monoisotopic (exact) mass is 247 g/mol. The summed E-state index contributed by atoms with van der Waals surface area (Å²) in [7, 11) is 0. The molecule has 0 unspecified atom stereocenters. The number of pyridine rings is 1. The highest BCUT2D eigenvalue weighted by molar-refractivity contribution is 6.45. The number of benzene rings is 1. The third-order valence-corrected chi connectivity index (χ3v) is 2.98. The van der Waals surface area contributed by atoms with Gasteiger partial charge in [0.05, 0.1) is 15.6 Å². The van der Waals surface area contributed by atoms with Crippen molar-refractivity contribution in [3.63, 3.8) is 0 Å². The second-order valence-electron chi connectivity index (χ2n) is 2.75. The largest absolute Gasteiger partial charge is 0.358 e. The molecule has 2 nitrogen and oxygen atoms in total. The fourth-order valence-corrected chi connectivity index (χ4v) is 1.74. The molecule has 1 N–H and O–H groups in total. The Morgan fingerprint density at radius 2 is 1.79 bits per heavy atom. The second kappa shape index (κ2) is 3.46. The topological polar surface area (TPSA) is 32.9 Å². The van der Waals surface area contributed by atoms with Crippen LogP contribution in [0.2, 0.25) is 15.1 Å². The molecule has 0 aliphatic carbocycles. The number of hydrogen-bond donors (Lipinski definition) is 1. The molecule has 14 heavy (non-hydrogen) atoms. The highest BCUT2D eigenvalue weighted by Crippen LogP contribution is 2.28. The molecule has 0 amide bonds. The molecule has 0 fully saturated rings. The minimum absolute atomic E-state index is 0.135. The summed E-state index contributed by atoms with van der Waals surface area (Å²) in [6.07, 6.45) is 1.40. The molecule has 72 valence electrons. The van der Waals surface area contributed by atoms with Crippen molar-refractivity contribution < 1.29 is 0 Å². The molecule has 0 atom stereocenters. The Morgan fingerprint density at radius 3 is 2.50 bits per heavy atom. The van der Waals surface area contributed by atoms with Crippen molar-refractivity contribution in [2.45, 2.75) is 0 Å². The van der Waals surface area contributed by atoms with E-state index < -0.39 is 0 Å². The van der Waals surface area contributed by atoms with Gasteiger partial charge < -0.3 is 4.98 Å². The Kier molecular flexibility index (Phi) is 2.43. The number of nitrogens with one attached hydrogen (secondary N) is 1. The number of H-pyrrole nitrogens is 1. The smallest absolute Gasteiger partial charge is 0.207 e. The normalized spacial score (nSPS) is 10.8. The fraction of sp³-hybridized carbons (Fsp3) is 0. The first-order valence-electron chi connectivity index (χ1n) is 3.76. The van der Waals surface area contributed by atoms with Gasteiger partial charge in [0.2, 0.25) is 5.43 Å². The zero-order valence-electron chi connectivity index (χ0n) is 6.77. The standard InChI is InChI=1S/C9H4Cl3NO/c10-5-2-1-4-8(7(5)12)13-3-6(11)9(4)14/h1-3H,(H,13,14). The van der Waals surface area contributed by atoms with Crippen molar-refractivity contribution in [2.24, 2.45) is 0 Å². The lowest BCUT2D eigenvalue weighted by Gasteiger charge is -2.01. The molecule has 0 saturated carbocycles. The third kappa shape index (κ3) is 1.40. The second-order valence-corrected chi connectivity index (χ2v) is 3.94. The quantitative estimate of drug-likeness (QED) is 0.760. The average Bonchev–Trinajstić information content (AvgIpc) is 2.17. The summed E-state index contributed by atoms with van der Waals surface area (Å²) in [5.74, 6) is 0. The first kappa shape index (κ1) is 9.84. The van der Waals surface area contributed by atoms with E-state index in [9.17, 15) is 4.79 Å². The lowest BCUT2D eigenvalue weighted by Crippen LogP contribution is -2.03. The van der Waals surface area contributed by atoms with E-state index in [0.717, 1.165) is 0 Å². The third-order valence-electron chi connectivity index (χ3n) is 1.90. The Bertz CT molecular complexity index is 562. The van der Waals surface area contributed by atoms with E-state index >= 15 is 0 Å². The van der Waals surface area contributed by atoms with Crippen LogP contribution in [0, 0.1) is 0 Å². The van der Waals surface area contributed by atoms with Crippen LogP contribution in [0.5, 0.6) is 0 Å². The minimum Gasteiger partial charge on any atom is -0.358 e. The maximum absolute atomic E-state index is 11.5. The van der Waals surface area contributed by atoms with Gasteiger partial charge in [-0.2, -0.15) is 0 Å². The highest BCUT2D eigenvalue weighted by atomic mass is 35.5. The van der Waals surface area contributed by atoms with Crippen LogP contribution in [0.15, 0.2) is 23.1 Å². The number of hydrogen-bond acceptors (Lipinski definition) is 1. The molecule has 0 bridgehead atoms. The number of aromatic nitrogens is 1. The summed E-state index contributed by atoms with van der Waals surface area (Å²) in [5.41, 5.74) is 0.257. The van der Waals surface area contributed by atoms with Crippen molar-refractivity contribution in [1.29, 1.82) is 0 Å². The average molecular weight is 248 g/mol. The Labute approximate surface area is 94.4 Å². The van der Waals surface area contributed by atoms with E-state index in [4.69, 9.17) is 34.8 Å². The molecule has 0 aliphatic rings. The van der Waals surface area contributed by atoms with Crippen molar-refractivity contribution in [1.82, 2.24) is 4.98 Å². The van der Waals surface area contributed by atoms with Gasteiger partial charge in [-0.05, 0) is 12.1 Å². The summed E-state index contributed by atoms with van der Waals surface area (Å²) in [6, 6.07) is 3.16. The number of fused-ring (bicyclic) bond motifs is 1. The maximum Gasteiger partial charge on any atom is 0.207 e. The van der Waals surface area contributed by atoms with Gasteiger partial charge in [-0.3, -0.25) is 4.79 Å². The lowest BCUT2D eigenvalue weighted by atomic mass is 10.2. The molecule has 0 spiro atoms. The minimum atomic E-state index is -0.251. The Morgan fingerprint density at radius 1 is 1.07 bits per heavy atom. The van der Waals surface area contributed by atoms with E-state index in [2.05, 4.69) is 4.98 Å². The zero-order valence-corrected chi connectivity index (χ0v) is 9.04. The van der Waals surface area contributed by atoms with Gasteiger partial charge in [-0.1, -0.05) is 34.8 Å². The van der Waals surface area contributed by atoms with Crippen LogP contribution in [0.25, 0.3) is 10.9 Å². The van der Waals surface area contributed by atoms with Gasteiger partial charge in [0.1, 0.15) is 5.02 Å². The molecule has 2 aromatic rings. The van der Waals surface area contributed by atoms with Gasteiger partial charge in [0, 0.05) is 11.6 Å². The molecule has 1 heterocycles. The number of rotatable bonds is 0. The summed E-state index contributed by atoms with van der Waals surface area (Å²) in [6.45, 7) is 0. The molecule has 1 aromatic carbocycles. The van der Waals surface area contributed by atoms with Crippen molar-refractivity contribution in [3.05, 3.63) is 43.6 Å². The molecule has 0 aliphatic heterocycles. The van der Waals surface area contributed by atoms with E-state index in [-0.39, 0.29) is 10.5 Å². The van der Waals surface area contributed by atoms with Crippen LogP contribution in [-0.2, 0) is 0 Å². The van der Waals surface area contributed by atoms with E-state index in [1.54, 1.807) is 12.1 Å². The van der Waals surface area contributed by atoms with Gasteiger partial charge >= 0.3 is 0 Å². The fourth-order valence-electron chi connectivity index (χ4n) is 1.21. The molecular formula is C9H4Cl3NO. The summed E-state index contributed by atoms with van der Waals surface area (Å²) < 4.78 is 0. The van der Waals surface area contributed by atoms with Gasteiger partial charge in [-0.15, -0.1) is 0 Å². The maximum atomic E-state index is 11.5. The predicted octanol–water partition coefficient (Wildman–Crippen LogP) is 3.49. The molecule has 2 rings (SSSR count). The Balaban J connectivity index is 3.02. The molecule has 5 heteroatoms. The highest BCUT2D eigenvalue weighted by Gasteiger charge is 2.08. The lowest BCUT2D eigenvalue weighted by molar-refractivity contribution is 1.39. The molecule has 0 radical (unpaired) electrons. The zero-order chi connectivity index (χ0) is 10.3. The number of aromatic amines is 1. The summed E-state index contributed by atoms with van der Waals surface area (Å²) in [5, 5.41) is 1.30. The van der Waals surface area contributed by atoms with E-state index in [1.165, 1.54) is 6.20 Å². The van der Waals surface area contributed by atoms with Gasteiger partial charge in [-0.25, -0.2) is 0 Å². The first-order valence-corrected chi connectivity index (χ1v) is 4.89. The SMILES string of the molecule is O=c1c(Cl)c[nH]c2c(Cl)c(Cl)ccc12. The van der Waals surface area contributed by atoms with Crippen molar-refractivity contribution in [2.75, 3.05) is 0 Å². The van der Waals surface area contributed by atoms with Crippen LogP contribution in [-0.4, -0.2) is 4.98 Å². The Hall–Kier alpha value is -0.700. The van der Waals surface area contributed by atoms with Gasteiger partial charge in [0.15, 0.2) is 0 Å². The number of halogens is 3. The summed E-state index contributed by atoms with van der Waals surface area (Å²) >= 11 is 17.4. The van der Waals surface area contributed by atoms with E-state index in [0.29, 0.717) is 20.9 Å². The summed E-state index contributed by atoms with van der Waals surface area (Å²) in [4.78, 5) is 14.4. The predicted molar refractivity (Wildman–Crippen MR) is 59.6 cm³/mol. The molecule has 1 aromatic heterocycles.